The molecule has 0 spiro atoms. The lowest BCUT2D eigenvalue weighted by Crippen LogP contribution is -2.24. The molecule has 0 saturated heterocycles. The second-order valence-electron chi connectivity index (χ2n) is 7.76. The molecule has 1 N–H and O–H groups in total. The van der Waals surface area contributed by atoms with Crippen LogP contribution in [0.2, 0.25) is 0 Å². The first kappa shape index (κ1) is 21.3. The van der Waals surface area contributed by atoms with Crippen LogP contribution in [0.1, 0.15) is 16.1 Å². The summed E-state index contributed by atoms with van der Waals surface area (Å²) in [7, 11) is 1.66. The van der Waals surface area contributed by atoms with Gasteiger partial charge in [0.25, 0.3) is 5.91 Å². The quantitative estimate of drug-likeness (QED) is 0.383. The minimum absolute atomic E-state index is 0.273. The molecule has 2 heterocycles. The molecule has 0 atom stereocenters. The van der Waals surface area contributed by atoms with E-state index in [1.807, 2.05) is 66.9 Å². The van der Waals surface area contributed by atoms with Crippen molar-refractivity contribution in [2.75, 3.05) is 7.11 Å². The number of fused-ring (bicyclic) bond motifs is 1. The molecule has 6 heteroatoms. The number of carbonyl (C=O) groups is 1. The van der Waals surface area contributed by atoms with E-state index < -0.39 is 0 Å². The summed E-state index contributed by atoms with van der Waals surface area (Å²) < 4.78 is 5.38. The number of pyridine rings is 1. The third-order valence-corrected chi connectivity index (χ3v) is 5.68. The molecule has 0 saturated carbocycles. The van der Waals surface area contributed by atoms with E-state index in [2.05, 4.69) is 32.4 Å². The molecular formula is C28H22N4O2. The summed E-state index contributed by atoms with van der Waals surface area (Å²) in [6, 6.07) is 23.8. The van der Waals surface area contributed by atoms with Crippen molar-refractivity contribution in [1.29, 1.82) is 0 Å². The van der Waals surface area contributed by atoms with Gasteiger partial charge in [-0.25, -0.2) is 4.98 Å². The fourth-order valence-electron chi connectivity index (χ4n) is 3.91. The van der Waals surface area contributed by atoms with Crippen molar-refractivity contribution >= 4 is 16.7 Å². The highest BCUT2D eigenvalue weighted by Gasteiger charge is 2.12. The van der Waals surface area contributed by atoms with Crippen LogP contribution in [0, 0.1) is 0 Å². The Morgan fingerprint density at radius 2 is 1.71 bits per heavy atom. The Labute approximate surface area is 197 Å². The SMILES string of the molecule is COc1cccc(-c2ccc(CNC(=O)c3cnc(-c4ccccc4)cn3)c3cnccc23)c1. The van der Waals surface area contributed by atoms with Crippen LogP contribution >= 0.6 is 0 Å². The first-order valence-electron chi connectivity index (χ1n) is 10.9. The van der Waals surface area contributed by atoms with Crippen LogP contribution in [0.5, 0.6) is 5.75 Å². The van der Waals surface area contributed by atoms with Gasteiger partial charge in [-0.1, -0.05) is 54.6 Å². The number of aromatic nitrogens is 3. The van der Waals surface area contributed by atoms with Gasteiger partial charge in [0.05, 0.1) is 25.2 Å². The standard InChI is InChI=1S/C28H22N4O2/c1-34-22-9-5-8-20(14-22)23-11-10-21(25-16-29-13-12-24(23)25)15-32-28(33)27-18-30-26(17-31-27)19-6-3-2-4-7-19/h2-14,16-18H,15H2,1H3,(H,32,33). The Bertz CT molecular complexity index is 1450. The van der Waals surface area contributed by atoms with Crippen LogP contribution in [0.4, 0.5) is 0 Å². The van der Waals surface area contributed by atoms with Crippen molar-refractivity contribution in [2.45, 2.75) is 6.54 Å². The highest BCUT2D eigenvalue weighted by atomic mass is 16.5. The zero-order valence-electron chi connectivity index (χ0n) is 18.6. The van der Waals surface area contributed by atoms with Gasteiger partial charge < -0.3 is 10.1 Å². The number of benzene rings is 3. The molecule has 2 aromatic heterocycles. The Morgan fingerprint density at radius 1 is 0.853 bits per heavy atom. The van der Waals surface area contributed by atoms with Crippen molar-refractivity contribution in [3.8, 4) is 28.1 Å². The van der Waals surface area contributed by atoms with Crippen molar-refractivity contribution in [3.63, 3.8) is 0 Å². The van der Waals surface area contributed by atoms with E-state index in [9.17, 15) is 4.79 Å². The predicted molar refractivity (Wildman–Crippen MR) is 132 cm³/mol. The molecule has 5 aromatic rings. The first-order chi connectivity index (χ1) is 16.7. The largest absolute Gasteiger partial charge is 0.497 e. The molecule has 0 aliphatic heterocycles. The molecule has 0 aliphatic rings. The summed E-state index contributed by atoms with van der Waals surface area (Å²) in [5.41, 5.74) is 5.06. The molecule has 6 nitrogen and oxygen atoms in total. The Balaban J connectivity index is 1.37. The smallest absolute Gasteiger partial charge is 0.271 e. The van der Waals surface area contributed by atoms with Crippen LogP contribution in [-0.2, 0) is 6.54 Å². The van der Waals surface area contributed by atoms with E-state index in [0.29, 0.717) is 6.54 Å². The van der Waals surface area contributed by atoms with Gasteiger partial charge in [-0.2, -0.15) is 0 Å². The van der Waals surface area contributed by atoms with Crippen LogP contribution in [-0.4, -0.2) is 28.0 Å². The number of hydrogen-bond acceptors (Lipinski definition) is 5. The van der Waals surface area contributed by atoms with Gasteiger partial charge in [-0.3, -0.25) is 14.8 Å². The molecule has 0 fully saturated rings. The number of amides is 1. The summed E-state index contributed by atoms with van der Waals surface area (Å²) in [5, 5.41) is 4.99. The number of nitrogens with one attached hydrogen (secondary N) is 1. The predicted octanol–water partition coefficient (Wildman–Crippen LogP) is 5.30. The van der Waals surface area contributed by atoms with E-state index in [1.165, 1.54) is 6.20 Å². The molecule has 166 valence electrons. The molecule has 34 heavy (non-hydrogen) atoms. The van der Waals surface area contributed by atoms with Gasteiger partial charge in [0.1, 0.15) is 11.4 Å². The molecule has 0 bridgehead atoms. The Morgan fingerprint density at radius 3 is 2.50 bits per heavy atom. The van der Waals surface area contributed by atoms with Crippen LogP contribution in [0.25, 0.3) is 33.2 Å². The molecule has 3 aromatic carbocycles. The molecule has 5 rings (SSSR count). The van der Waals surface area contributed by atoms with Gasteiger partial charge in [-0.15, -0.1) is 0 Å². The monoisotopic (exact) mass is 446 g/mol. The third kappa shape index (κ3) is 4.34. The molecule has 0 radical (unpaired) electrons. The second-order valence-corrected chi connectivity index (χ2v) is 7.76. The van der Waals surface area contributed by atoms with E-state index in [4.69, 9.17) is 4.74 Å². The Kier molecular flexibility index (Phi) is 5.95. The van der Waals surface area contributed by atoms with Crippen LogP contribution < -0.4 is 10.1 Å². The zero-order chi connectivity index (χ0) is 23.3. The van der Waals surface area contributed by atoms with Crippen LogP contribution in [0.15, 0.2) is 97.6 Å². The summed E-state index contributed by atoms with van der Waals surface area (Å²) in [6.07, 6.45) is 6.73. The molecule has 0 aliphatic carbocycles. The lowest BCUT2D eigenvalue weighted by atomic mass is 9.96. The second kappa shape index (κ2) is 9.50. The van der Waals surface area contributed by atoms with Crippen LogP contribution in [0.3, 0.4) is 0 Å². The lowest BCUT2D eigenvalue weighted by molar-refractivity contribution is 0.0945. The van der Waals surface area contributed by atoms with E-state index in [1.54, 1.807) is 19.5 Å². The highest BCUT2D eigenvalue weighted by Crippen LogP contribution is 2.32. The topological polar surface area (TPSA) is 77.0 Å². The van der Waals surface area contributed by atoms with Crippen molar-refractivity contribution in [2.24, 2.45) is 0 Å². The average molecular weight is 447 g/mol. The zero-order valence-corrected chi connectivity index (χ0v) is 18.6. The summed E-state index contributed by atoms with van der Waals surface area (Å²) >= 11 is 0. The van der Waals surface area contributed by atoms with E-state index in [0.717, 1.165) is 44.5 Å². The number of nitrogens with zero attached hydrogens (tertiary/aromatic N) is 3. The maximum atomic E-state index is 12.7. The summed E-state index contributed by atoms with van der Waals surface area (Å²) in [5.74, 6) is 0.525. The number of methoxy groups -OCH3 is 1. The molecule has 1 amide bonds. The first-order valence-corrected chi connectivity index (χ1v) is 10.9. The fourth-order valence-corrected chi connectivity index (χ4v) is 3.91. The number of hydrogen-bond donors (Lipinski definition) is 1. The van der Waals surface area contributed by atoms with E-state index in [-0.39, 0.29) is 11.6 Å². The van der Waals surface area contributed by atoms with Gasteiger partial charge in [0, 0.05) is 29.9 Å². The maximum Gasteiger partial charge on any atom is 0.271 e. The van der Waals surface area contributed by atoms with Crippen molar-refractivity contribution < 1.29 is 9.53 Å². The van der Waals surface area contributed by atoms with Crippen molar-refractivity contribution in [1.82, 2.24) is 20.3 Å². The normalized spacial score (nSPS) is 10.7. The minimum atomic E-state index is -0.277. The number of rotatable bonds is 6. The highest BCUT2D eigenvalue weighted by molar-refractivity contribution is 5.98. The third-order valence-electron chi connectivity index (χ3n) is 5.68. The van der Waals surface area contributed by atoms with Gasteiger partial charge in [-0.05, 0) is 40.3 Å². The average Bonchev–Trinajstić information content (AvgIpc) is 2.92. The summed E-state index contributed by atoms with van der Waals surface area (Å²) in [6.45, 7) is 0.349. The van der Waals surface area contributed by atoms with Gasteiger partial charge >= 0.3 is 0 Å². The maximum absolute atomic E-state index is 12.7. The van der Waals surface area contributed by atoms with Gasteiger partial charge in [0.15, 0.2) is 0 Å². The summed E-state index contributed by atoms with van der Waals surface area (Å²) in [4.78, 5) is 25.7. The molecular weight excluding hydrogens is 424 g/mol. The minimum Gasteiger partial charge on any atom is -0.497 e. The lowest BCUT2D eigenvalue weighted by Gasteiger charge is -2.13. The number of carbonyl (C=O) groups excluding carboxylic acids is 1. The van der Waals surface area contributed by atoms with Crippen molar-refractivity contribution in [3.05, 3.63) is 109 Å². The fraction of sp³-hybridized carbons (Fsp3) is 0.0714. The Hall–Kier alpha value is -4.58. The van der Waals surface area contributed by atoms with E-state index >= 15 is 0 Å². The number of ether oxygens (including phenoxy) is 1. The van der Waals surface area contributed by atoms with Gasteiger partial charge in [0.2, 0.25) is 0 Å². The molecule has 0 unspecified atom stereocenters.